The number of carbonyl (C=O) groups excluding carboxylic acids is 1. The van der Waals surface area contributed by atoms with Gasteiger partial charge in [-0.25, -0.2) is 4.79 Å². The van der Waals surface area contributed by atoms with Crippen molar-refractivity contribution in [2.75, 3.05) is 26.2 Å². The summed E-state index contributed by atoms with van der Waals surface area (Å²) < 4.78 is 0. The molecule has 4 atom stereocenters. The number of nitrogens with one attached hydrogen (secondary N) is 1. The van der Waals surface area contributed by atoms with E-state index in [-0.39, 0.29) is 12.1 Å². The normalized spacial score (nSPS) is 30.2. The van der Waals surface area contributed by atoms with Gasteiger partial charge in [0.15, 0.2) is 0 Å². The van der Waals surface area contributed by atoms with Crippen molar-refractivity contribution in [3.8, 4) is 0 Å². The van der Waals surface area contributed by atoms with Crippen molar-refractivity contribution in [1.29, 1.82) is 0 Å². The zero-order valence-corrected chi connectivity index (χ0v) is 15.4. The molecule has 1 aromatic heterocycles. The number of amides is 2. The summed E-state index contributed by atoms with van der Waals surface area (Å²) in [6.07, 6.45) is 5.82. The Morgan fingerprint density at radius 2 is 2.12 bits per heavy atom. The molecule has 25 heavy (non-hydrogen) atoms. The van der Waals surface area contributed by atoms with Crippen LogP contribution in [0.15, 0.2) is 24.4 Å². The number of carbonyl (C=O) groups is 1. The maximum atomic E-state index is 12.9. The predicted molar refractivity (Wildman–Crippen MR) is 98.1 cm³/mol. The van der Waals surface area contributed by atoms with Gasteiger partial charge in [0.25, 0.3) is 0 Å². The highest BCUT2D eigenvalue weighted by Gasteiger charge is 2.48. The second-order valence-electron chi connectivity index (χ2n) is 8.31. The zero-order valence-electron chi connectivity index (χ0n) is 15.4. The molecule has 5 nitrogen and oxygen atoms in total. The molecule has 4 heterocycles. The van der Waals surface area contributed by atoms with Crippen LogP contribution in [-0.2, 0) is 0 Å². The van der Waals surface area contributed by atoms with Crippen LogP contribution >= 0.6 is 0 Å². The SMILES string of the molecule is CC(C)C(NC(=O)N1CC2CN3CCCCC3C2C1)c1ccccn1. The molecule has 4 rings (SSSR count). The van der Waals surface area contributed by atoms with Crippen LogP contribution in [0.1, 0.15) is 44.8 Å². The fraction of sp³-hybridized carbons (Fsp3) is 0.700. The minimum atomic E-state index is -0.0275. The van der Waals surface area contributed by atoms with Gasteiger partial charge in [-0.15, -0.1) is 0 Å². The fourth-order valence-electron chi connectivity index (χ4n) is 5.09. The average Bonchev–Trinajstić information content (AvgIpc) is 3.18. The lowest BCUT2D eigenvalue weighted by Gasteiger charge is -2.33. The molecule has 5 heteroatoms. The van der Waals surface area contributed by atoms with E-state index in [2.05, 4.69) is 33.9 Å². The highest BCUT2D eigenvalue weighted by atomic mass is 16.2. The summed E-state index contributed by atoms with van der Waals surface area (Å²) in [4.78, 5) is 22.1. The first-order chi connectivity index (χ1) is 12.1. The average molecular weight is 342 g/mol. The molecule has 136 valence electrons. The number of rotatable bonds is 3. The smallest absolute Gasteiger partial charge is 0.317 e. The third-order valence-electron chi connectivity index (χ3n) is 6.36. The van der Waals surface area contributed by atoms with Crippen molar-refractivity contribution in [2.24, 2.45) is 17.8 Å². The highest BCUT2D eigenvalue weighted by molar-refractivity contribution is 5.75. The van der Waals surface area contributed by atoms with Crippen LogP contribution in [0.3, 0.4) is 0 Å². The molecule has 0 bridgehead atoms. The maximum Gasteiger partial charge on any atom is 0.317 e. The van der Waals surface area contributed by atoms with Crippen molar-refractivity contribution in [3.05, 3.63) is 30.1 Å². The molecule has 3 fully saturated rings. The quantitative estimate of drug-likeness (QED) is 0.919. The molecule has 3 aliphatic rings. The third-order valence-corrected chi connectivity index (χ3v) is 6.36. The summed E-state index contributed by atoms with van der Waals surface area (Å²) in [6, 6.07) is 6.68. The summed E-state index contributed by atoms with van der Waals surface area (Å²) in [5.74, 6) is 1.66. The van der Waals surface area contributed by atoms with Crippen LogP contribution in [0.4, 0.5) is 4.79 Å². The molecule has 0 spiro atoms. The standard InChI is InChI=1S/C20H30N4O/c1-14(2)19(17-7-3-5-9-21-17)22-20(25)24-12-15-11-23-10-6-4-8-18(23)16(15)13-24/h3,5,7,9,14-16,18-19H,4,6,8,10-13H2,1-2H3,(H,22,25). The first kappa shape index (κ1) is 16.8. The lowest BCUT2D eigenvalue weighted by molar-refractivity contribution is 0.152. The van der Waals surface area contributed by atoms with Crippen molar-refractivity contribution in [3.63, 3.8) is 0 Å². The number of pyridine rings is 1. The van der Waals surface area contributed by atoms with Gasteiger partial charge < -0.3 is 10.2 Å². The Bertz CT molecular complexity index is 605. The first-order valence-corrected chi connectivity index (χ1v) is 9.84. The van der Waals surface area contributed by atoms with Crippen LogP contribution in [0.2, 0.25) is 0 Å². The summed E-state index contributed by atoms with van der Waals surface area (Å²) >= 11 is 0. The highest BCUT2D eigenvalue weighted by Crippen LogP contribution is 2.40. The number of likely N-dealkylation sites (tertiary alicyclic amines) is 1. The minimum absolute atomic E-state index is 0.0275. The Kier molecular flexibility index (Phi) is 4.67. The molecule has 0 radical (unpaired) electrons. The van der Waals surface area contributed by atoms with Crippen LogP contribution in [0.25, 0.3) is 0 Å². The van der Waals surface area contributed by atoms with E-state index in [4.69, 9.17) is 0 Å². The zero-order chi connectivity index (χ0) is 17.4. The van der Waals surface area contributed by atoms with Gasteiger partial charge in [-0.3, -0.25) is 9.88 Å². The van der Waals surface area contributed by atoms with Crippen LogP contribution in [0, 0.1) is 17.8 Å². The summed E-state index contributed by atoms with van der Waals surface area (Å²) in [7, 11) is 0. The fourth-order valence-corrected chi connectivity index (χ4v) is 5.09. The largest absolute Gasteiger partial charge is 0.329 e. The molecule has 1 N–H and O–H groups in total. The molecule has 3 saturated heterocycles. The van der Waals surface area contributed by atoms with Crippen LogP contribution < -0.4 is 5.32 Å². The van der Waals surface area contributed by atoms with E-state index in [1.54, 1.807) is 6.20 Å². The minimum Gasteiger partial charge on any atom is -0.329 e. The second kappa shape index (κ2) is 6.94. The Labute approximate surface area is 150 Å². The van der Waals surface area contributed by atoms with Gasteiger partial charge in [-0.1, -0.05) is 26.3 Å². The molecule has 0 aromatic carbocycles. The molecular weight excluding hydrogens is 312 g/mol. The van der Waals surface area contributed by atoms with Gasteiger partial charge in [0.2, 0.25) is 0 Å². The van der Waals surface area contributed by atoms with Gasteiger partial charge in [-0.2, -0.15) is 0 Å². The van der Waals surface area contributed by atoms with Crippen molar-refractivity contribution >= 4 is 6.03 Å². The molecule has 3 aliphatic heterocycles. The summed E-state index contributed by atoms with van der Waals surface area (Å²) in [6.45, 7) is 8.56. The van der Waals surface area contributed by atoms with Gasteiger partial charge in [-0.05, 0) is 49.3 Å². The Hall–Kier alpha value is -1.62. The topological polar surface area (TPSA) is 48.5 Å². The second-order valence-corrected chi connectivity index (χ2v) is 8.31. The molecular formula is C20H30N4O. The van der Waals surface area contributed by atoms with Crippen LogP contribution in [0.5, 0.6) is 0 Å². The Balaban J connectivity index is 1.40. The lowest BCUT2D eigenvalue weighted by Crippen LogP contribution is -2.45. The van der Waals surface area contributed by atoms with E-state index >= 15 is 0 Å². The molecule has 1 aromatic rings. The van der Waals surface area contributed by atoms with Crippen LogP contribution in [-0.4, -0.2) is 53.0 Å². The molecule has 2 amide bonds. The van der Waals surface area contributed by atoms with Gasteiger partial charge in [0.1, 0.15) is 0 Å². The van der Waals surface area contributed by atoms with E-state index < -0.39 is 0 Å². The van der Waals surface area contributed by atoms with E-state index in [0.717, 1.165) is 18.8 Å². The molecule has 0 aliphatic carbocycles. The Morgan fingerprint density at radius 3 is 2.88 bits per heavy atom. The monoisotopic (exact) mass is 342 g/mol. The number of urea groups is 1. The van der Waals surface area contributed by atoms with Gasteiger partial charge in [0.05, 0.1) is 11.7 Å². The maximum absolute atomic E-state index is 12.9. The number of hydrogen-bond donors (Lipinski definition) is 1. The number of nitrogens with zero attached hydrogens (tertiary/aromatic N) is 3. The summed E-state index contributed by atoms with van der Waals surface area (Å²) in [5.41, 5.74) is 0.948. The third kappa shape index (κ3) is 3.26. The van der Waals surface area contributed by atoms with Crippen molar-refractivity contribution in [1.82, 2.24) is 20.1 Å². The van der Waals surface area contributed by atoms with E-state index in [9.17, 15) is 4.79 Å². The summed E-state index contributed by atoms with van der Waals surface area (Å²) in [5, 5.41) is 3.25. The number of piperidine rings is 1. The van der Waals surface area contributed by atoms with Gasteiger partial charge in [0, 0.05) is 31.9 Å². The van der Waals surface area contributed by atoms with Crippen molar-refractivity contribution in [2.45, 2.75) is 45.2 Å². The lowest BCUT2D eigenvalue weighted by atomic mass is 9.90. The van der Waals surface area contributed by atoms with E-state index in [1.165, 1.54) is 32.4 Å². The van der Waals surface area contributed by atoms with Crippen molar-refractivity contribution < 1.29 is 4.79 Å². The molecule has 4 unspecified atom stereocenters. The number of hydrogen-bond acceptors (Lipinski definition) is 3. The number of fused-ring (bicyclic) bond motifs is 3. The van der Waals surface area contributed by atoms with E-state index in [0.29, 0.717) is 23.8 Å². The van der Waals surface area contributed by atoms with Gasteiger partial charge >= 0.3 is 6.03 Å². The molecule has 0 saturated carbocycles. The number of aromatic nitrogens is 1. The first-order valence-electron chi connectivity index (χ1n) is 9.84. The van der Waals surface area contributed by atoms with E-state index in [1.807, 2.05) is 18.2 Å². The Morgan fingerprint density at radius 1 is 1.24 bits per heavy atom. The predicted octanol–water partition coefficient (Wildman–Crippen LogP) is 2.90.